The minimum Gasteiger partial charge on any atom is -0.493 e. The summed E-state index contributed by atoms with van der Waals surface area (Å²) < 4.78 is 16.0. The van der Waals surface area contributed by atoms with Crippen LogP contribution in [0.2, 0.25) is 5.02 Å². The Morgan fingerprint density at radius 3 is 2.82 bits per heavy atom. The van der Waals surface area contributed by atoms with Gasteiger partial charge in [-0.3, -0.25) is 4.79 Å². The van der Waals surface area contributed by atoms with Crippen molar-refractivity contribution < 1.29 is 23.8 Å². The van der Waals surface area contributed by atoms with Gasteiger partial charge in [-0.25, -0.2) is 9.79 Å². The third-order valence-electron chi connectivity index (χ3n) is 4.16. The maximum absolute atomic E-state index is 12.5. The van der Waals surface area contributed by atoms with E-state index < -0.39 is 5.97 Å². The summed E-state index contributed by atoms with van der Waals surface area (Å²) in [7, 11) is 1.48. The Balaban J connectivity index is 1.82. The molecule has 0 saturated carbocycles. The highest BCUT2D eigenvalue weighted by Gasteiger charge is 2.24. The average Bonchev–Trinajstić information content (AvgIpc) is 3.10. The number of carbonyl (C=O) groups is 2. The first-order valence-electron chi connectivity index (χ1n) is 9.85. The summed E-state index contributed by atoms with van der Waals surface area (Å²) >= 11 is 7.47. The Labute approximate surface area is 201 Å². The van der Waals surface area contributed by atoms with Crippen LogP contribution in [0.25, 0.3) is 6.08 Å². The van der Waals surface area contributed by atoms with Crippen molar-refractivity contribution in [3.63, 3.8) is 0 Å². The zero-order chi connectivity index (χ0) is 24.0. The van der Waals surface area contributed by atoms with Crippen LogP contribution in [-0.4, -0.2) is 36.9 Å². The summed E-state index contributed by atoms with van der Waals surface area (Å²) in [5, 5.41) is 3.40. The highest BCUT2D eigenvalue weighted by Crippen LogP contribution is 2.38. The van der Waals surface area contributed by atoms with Crippen LogP contribution in [0, 0.1) is 12.3 Å². The van der Waals surface area contributed by atoms with Crippen molar-refractivity contribution in [2.24, 2.45) is 4.99 Å². The molecular weight excluding hydrogens is 464 g/mol. The number of hydrogen-bond acceptors (Lipinski definition) is 7. The number of terminal acetylenes is 1. The van der Waals surface area contributed by atoms with Crippen molar-refractivity contribution in [1.29, 1.82) is 0 Å². The van der Waals surface area contributed by atoms with Crippen LogP contribution in [0.5, 0.6) is 11.5 Å². The minimum atomic E-state index is -0.434. The number of thioether (sulfide) groups is 1. The Morgan fingerprint density at radius 2 is 2.12 bits per heavy atom. The van der Waals surface area contributed by atoms with Crippen molar-refractivity contribution in [2.75, 3.05) is 13.7 Å². The van der Waals surface area contributed by atoms with E-state index in [1.165, 1.54) is 7.11 Å². The van der Waals surface area contributed by atoms with E-state index in [4.69, 9.17) is 32.2 Å². The first kappa shape index (κ1) is 24.2. The first-order valence-corrected chi connectivity index (χ1v) is 11.0. The molecule has 0 unspecified atom stereocenters. The molecule has 0 atom stereocenters. The molecule has 1 N–H and O–H groups in total. The number of carbonyl (C=O) groups excluding carboxylic acids is 2. The quantitative estimate of drug-likeness (QED) is 0.344. The number of nitrogens with zero attached hydrogens (tertiary/aromatic N) is 1. The lowest BCUT2D eigenvalue weighted by atomic mass is 10.2. The molecule has 1 aliphatic heterocycles. The number of methoxy groups -OCH3 is 1. The van der Waals surface area contributed by atoms with Crippen LogP contribution in [0.1, 0.15) is 29.8 Å². The summed E-state index contributed by atoms with van der Waals surface area (Å²) in [4.78, 5) is 29.4. The molecular formula is C24H21ClN2O5S. The molecule has 0 aromatic heterocycles. The van der Waals surface area contributed by atoms with Gasteiger partial charge in [0.1, 0.15) is 6.61 Å². The summed E-state index contributed by atoms with van der Waals surface area (Å²) in [6, 6.07) is 10.0. The van der Waals surface area contributed by atoms with E-state index in [0.29, 0.717) is 43.4 Å². The lowest BCUT2D eigenvalue weighted by molar-refractivity contribution is -0.115. The first-order chi connectivity index (χ1) is 15.8. The van der Waals surface area contributed by atoms with E-state index in [2.05, 4.69) is 16.2 Å². The molecule has 1 fully saturated rings. The molecule has 170 valence electrons. The fourth-order valence-corrected chi connectivity index (χ4v) is 3.93. The number of amidine groups is 1. The minimum absolute atomic E-state index is 0.0466. The van der Waals surface area contributed by atoms with Crippen molar-refractivity contribution in [3.05, 3.63) is 57.5 Å². The summed E-state index contributed by atoms with van der Waals surface area (Å²) in [5.41, 5.74) is 1.53. The monoisotopic (exact) mass is 484 g/mol. The van der Waals surface area contributed by atoms with Gasteiger partial charge < -0.3 is 19.5 Å². The van der Waals surface area contributed by atoms with Crippen molar-refractivity contribution >= 4 is 52.2 Å². The Bertz CT molecular complexity index is 1180. The molecule has 0 spiro atoms. The molecule has 0 radical (unpaired) electrons. The maximum atomic E-state index is 12.5. The van der Waals surface area contributed by atoms with Crippen LogP contribution in [0.4, 0.5) is 5.69 Å². The van der Waals surface area contributed by atoms with Gasteiger partial charge in [0.2, 0.25) is 0 Å². The fraction of sp³-hybridized carbons (Fsp3) is 0.208. The number of halogens is 1. The summed E-state index contributed by atoms with van der Waals surface area (Å²) in [6.07, 6.45) is 6.67. The normalized spacial score (nSPS) is 15.5. The lowest BCUT2D eigenvalue weighted by Crippen LogP contribution is -2.19. The number of hydrogen-bond donors (Lipinski definition) is 1. The topological polar surface area (TPSA) is 86.2 Å². The van der Waals surface area contributed by atoms with Crippen LogP contribution in [-0.2, 0) is 9.53 Å². The van der Waals surface area contributed by atoms with Crippen molar-refractivity contribution in [1.82, 2.24) is 5.32 Å². The zero-order valence-corrected chi connectivity index (χ0v) is 19.8. The van der Waals surface area contributed by atoms with E-state index in [-0.39, 0.29) is 18.6 Å². The van der Waals surface area contributed by atoms with Gasteiger partial charge >= 0.3 is 5.97 Å². The van der Waals surface area contributed by atoms with Crippen molar-refractivity contribution in [2.45, 2.75) is 20.0 Å². The van der Waals surface area contributed by atoms with Crippen LogP contribution >= 0.6 is 23.4 Å². The zero-order valence-electron chi connectivity index (χ0n) is 18.2. The second-order valence-corrected chi connectivity index (χ2v) is 8.45. The van der Waals surface area contributed by atoms with E-state index in [1.807, 2.05) is 0 Å². The van der Waals surface area contributed by atoms with Gasteiger partial charge in [-0.1, -0.05) is 23.6 Å². The van der Waals surface area contributed by atoms with Gasteiger partial charge in [0.15, 0.2) is 16.7 Å². The fourth-order valence-electron chi connectivity index (χ4n) is 2.81. The Morgan fingerprint density at radius 1 is 1.33 bits per heavy atom. The predicted molar refractivity (Wildman–Crippen MR) is 130 cm³/mol. The Hall–Kier alpha value is -3.41. The maximum Gasteiger partial charge on any atom is 0.338 e. The molecule has 33 heavy (non-hydrogen) atoms. The predicted octanol–water partition coefficient (Wildman–Crippen LogP) is 4.82. The number of esters is 1. The number of ether oxygens (including phenoxy) is 3. The molecule has 0 aliphatic carbocycles. The third-order valence-corrected chi connectivity index (χ3v) is 5.35. The number of amides is 1. The number of benzene rings is 2. The largest absolute Gasteiger partial charge is 0.493 e. The van der Waals surface area contributed by atoms with Crippen LogP contribution in [0.3, 0.4) is 0 Å². The molecule has 7 nitrogen and oxygen atoms in total. The van der Waals surface area contributed by atoms with Gasteiger partial charge in [-0.05, 0) is 67.6 Å². The number of nitrogens with one attached hydrogen (secondary N) is 1. The van der Waals surface area contributed by atoms with Crippen LogP contribution < -0.4 is 14.8 Å². The lowest BCUT2D eigenvalue weighted by Gasteiger charge is -2.11. The number of rotatable bonds is 7. The third kappa shape index (κ3) is 6.31. The summed E-state index contributed by atoms with van der Waals surface area (Å²) in [6.45, 7) is 3.60. The molecule has 1 aliphatic rings. The van der Waals surface area contributed by atoms with Crippen molar-refractivity contribution in [3.8, 4) is 23.8 Å². The molecule has 2 aromatic rings. The number of aliphatic imine (C=N–C) groups is 1. The van der Waals surface area contributed by atoms with Gasteiger partial charge in [0.05, 0.1) is 34.4 Å². The van der Waals surface area contributed by atoms with Gasteiger partial charge in [0.25, 0.3) is 5.91 Å². The molecule has 3 rings (SSSR count). The second-order valence-electron chi connectivity index (χ2n) is 7.01. The Kier molecular flexibility index (Phi) is 8.04. The van der Waals surface area contributed by atoms with Gasteiger partial charge in [-0.2, -0.15) is 0 Å². The highest BCUT2D eigenvalue weighted by atomic mass is 35.5. The molecule has 9 heteroatoms. The van der Waals surface area contributed by atoms with E-state index >= 15 is 0 Å². The molecule has 1 heterocycles. The summed E-state index contributed by atoms with van der Waals surface area (Å²) in [5.74, 6) is 2.36. The smallest absolute Gasteiger partial charge is 0.338 e. The SMILES string of the molecule is C#CCOc1c(Cl)cc(/C=C2\SC(=Nc3cccc(C(=O)OC(C)C)c3)NC2=O)cc1OC. The molecule has 1 amide bonds. The molecule has 1 saturated heterocycles. The highest BCUT2D eigenvalue weighted by molar-refractivity contribution is 8.18. The van der Waals surface area contributed by atoms with Gasteiger partial charge in [-0.15, -0.1) is 6.42 Å². The standard InChI is InChI=1S/C24H21ClN2O5S/c1-5-9-31-21-18(25)10-15(11-19(21)30-4)12-20-22(28)27-24(33-20)26-17-8-6-7-16(13-17)23(29)32-14(2)3/h1,6-8,10-14H,9H2,2-4H3,(H,26,27,28)/b20-12-. The van der Waals surface area contributed by atoms with Gasteiger partial charge in [0, 0.05) is 0 Å². The van der Waals surface area contributed by atoms with Crippen LogP contribution in [0.15, 0.2) is 46.3 Å². The molecule has 0 bridgehead atoms. The second kappa shape index (κ2) is 10.9. The van der Waals surface area contributed by atoms with E-state index in [9.17, 15) is 9.59 Å². The average molecular weight is 485 g/mol. The van der Waals surface area contributed by atoms with E-state index in [1.54, 1.807) is 56.3 Å². The molecule has 2 aromatic carbocycles. The van der Waals surface area contributed by atoms with E-state index in [0.717, 1.165) is 11.8 Å².